The largest absolute Gasteiger partial charge is 0.446 e. The van der Waals surface area contributed by atoms with Gasteiger partial charge in [-0.3, -0.25) is 0 Å². The molecule has 0 unspecified atom stereocenters. The molecule has 0 aliphatic heterocycles. The second-order valence-electron chi connectivity index (χ2n) is 3.20. The molecule has 2 atom stereocenters. The summed E-state index contributed by atoms with van der Waals surface area (Å²) in [5.74, 6) is 0.0891. The number of aliphatic hydroxyl groups excluding tert-OH is 1. The zero-order valence-corrected chi connectivity index (χ0v) is 7.03. The molecule has 4 heteroatoms. The molecule has 0 bridgehead atoms. The minimum atomic E-state index is -0.736. The van der Waals surface area contributed by atoms with E-state index in [0.717, 1.165) is 25.7 Å². The summed E-state index contributed by atoms with van der Waals surface area (Å²) in [6.07, 6.45) is 3.00. The Hall–Kier alpha value is -0.770. The lowest BCUT2D eigenvalue weighted by Gasteiger charge is -2.28. The molecule has 1 aliphatic carbocycles. The van der Waals surface area contributed by atoms with E-state index < -0.39 is 6.09 Å². The van der Waals surface area contributed by atoms with E-state index in [9.17, 15) is 4.79 Å². The highest BCUT2D eigenvalue weighted by Gasteiger charge is 2.26. The SMILES string of the molecule is NC(=O)O[C@H]1CCCC[C@H]1CO. The van der Waals surface area contributed by atoms with Crippen molar-refractivity contribution in [3.8, 4) is 0 Å². The third-order valence-electron chi connectivity index (χ3n) is 2.34. The first-order valence-corrected chi connectivity index (χ1v) is 4.31. The Morgan fingerprint density at radius 1 is 1.50 bits per heavy atom. The normalized spacial score (nSPS) is 29.8. The molecular weight excluding hydrogens is 158 g/mol. The first-order chi connectivity index (χ1) is 5.74. The molecule has 0 radical (unpaired) electrons. The summed E-state index contributed by atoms with van der Waals surface area (Å²) in [6, 6.07) is 0. The lowest BCUT2D eigenvalue weighted by Crippen LogP contribution is -2.34. The van der Waals surface area contributed by atoms with Gasteiger partial charge in [-0.25, -0.2) is 4.79 Å². The fraction of sp³-hybridized carbons (Fsp3) is 0.875. The average Bonchev–Trinajstić information content (AvgIpc) is 2.04. The molecule has 1 saturated carbocycles. The van der Waals surface area contributed by atoms with Crippen LogP contribution in [-0.2, 0) is 4.74 Å². The monoisotopic (exact) mass is 173 g/mol. The maximum absolute atomic E-state index is 10.4. The summed E-state index contributed by atoms with van der Waals surface area (Å²) in [4.78, 5) is 10.4. The van der Waals surface area contributed by atoms with Gasteiger partial charge in [0.05, 0.1) is 0 Å². The van der Waals surface area contributed by atoms with Crippen molar-refractivity contribution < 1.29 is 14.6 Å². The molecule has 1 amide bonds. The Morgan fingerprint density at radius 3 is 2.75 bits per heavy atom. The van der Waals surface area contributed by atoms with Crippen molar-refractivity contribution in [2.24, 2.45) is 11.7 Å². The summed E-state index contributed by atoms with van der Waals surface area (Å²) in [7, 11) is 0. The zero-order valence-electron chi connectivity index (χ0n) is 7.03. The molecule has 70 valence electrons. The second-order valence-corrected chi connectivity index (χ2v) is 3.20. The van der Waals surface area contributed by atoms with Gasteiger partial charge in [0.25, 0.3) is 0 Å². The molecule has 1 rings (SSSR count). The molecule has 0 aromatic heterocycles. The maximum Gasteiger partial charge on any atom is 0.404 e. The smallest absolute Gasteiger partial charge is 0.404 e. The van der Waals surface area contributed by atoms with E-state index in [1.54, 1.807) is 0 Å². The Morgan fingerprint density at radius 2 is 2.17 bits per heavy atom. The number of nitrogens with two attached hydrogens (primary N) is 1. The Balaban J connectivity index is 2.41. The Bertz CT molecular complexity index is 160. The van der Waals surface area contributed by atoms with E-state index in [0.29, 0.717) is 0 Å². The summed E-state index contributed by atoms with van der Waals surface area (Å²) >= 11 is 0. The Kier molecular flexibility index (Phi) is 3.34. The molecule has 0 heterocycles. The molecule has 4 nitrogen and oxygen atoms in total. The van der Waals surface area contributed by atoms with Crippen molar-refractivity contribution in [2.45, 2.75) is 31.8 Å². The van der Waals surface area contributed by atoms with E-state index in [1.807, 2.05) is 0 Å². The van der Waals surface area contributed by atoms with Crippen LogP contribution in [0.4, 0.5) is 4.79 Å². The van der Waals surface area contributed by atoms with Crippen LogP contribution >= 0.6 is 0 Å². The van der Waals surface area contributed by atoms with Crippen LogP contribution in [0.25, 0.3) is 0 Å². The highest BCUT2D eigenvalue weighted by Crippen LogP contribution is 2.26. The first kappa shape index (κ1) is 9.32. The maximum atomic E-state index is 10.4. The molecular formula is C8H15NO3. The number of rotatable bonds is 2. The summed E-state index contributed by atoms with van der Waals surface area (Å²) in [5.41, 5.74) is 4.90. The highest BCUT2D eigenvalue weighted by molar-refractivity contribution is 5.64. The van der Waals surface area contributed by atoms with E-state index >= 15 is 0 Å². The van der Waals surface area contributed by atoms with Gasteiger partial charge in [0.1, 0.15) is 6.10 Å². The van der Waals surface area contributed by atoms with Gasteiger partial charge < -0.3 is 15.6 Å². The van der Waals surface area contributed by atoms with Gasteiger partial charge in [0, 0.05) is 12.5 Å². The molecule has 0 aromatic rings. The predicted octanol–water partition coefficient (Wildman–Crippen LogP) is 0.633. The van der Waals surface area contributed by atoms with E-state index in [4.69, 9.17) is 15.6 Å². The van der Waals surface area contributed by atoms with Crippen LogP contribution < -0.4 is 5.73 Å². The van der Waals surface area contributed by atoms with Gasteiger partial charge in [0.2, 0.25) is 0 Å². The van der Waals surface area contributed by atoms with Crippen LogP contribution in [0.5, 0.6) is 0 Å². The van der Waals surface area contributed by atoms with Crippen LogP contribution in [0.2, 0.25) is 0 Å². The third-order valence-corrected chi connectivity index (χ3v) is 2.34. The Labute approximate surface area is 71.7 Å². The highest BCUT2D eigenvalue weighted by atomic mass is 16.6. The topological polar surface area (TPSA) is 72.6 Å². The molecule has 1 aliphatic rings. The van der Waals surface area contributed by atoms with Gasteiger partial charge in [-0.1, -0.05) is 6.42 Å². The molecule has 3 N–H and O–H groups in total. The number of carbonyl (C=O) groups is 1. The van der Waals surface area contributed by atoms with E-state index in [-0.39, 0.29) is 18.6 Å². The molecule has 1 fully saturated rings. The van der Waals surface area contributed by atoms with Crippen molar-refractivity contribution in [2.75, 3.05) is 6.61 Å². The quantitative estimate of drug-likeness (QED) is 0.643. The first-order valence-electron chi connectivity index (χ1n) is 4.31. The van der Waals surface area contributed by atoms with Crippen LogP contribution in [0.1, 0.15) is 25.7 Å². The van der Waals surface area contributed by atoms with Crippen molar-refractivity contribution in [3.05, 3.63) is 0 Å². The van der Waals surface area contributed by atoms with Crippen LogP contribution in [0.3, 0.4) is 0 Å². The number of hydrogen-bond donors (Lipinski definition) is 2. The van der Waals surface area contributed by atoms with Crippen LogP contribution in [0, 0.1) is 5.92 Å². The third kappa shape index (κ3) is 2.37. The van der Waals surface area contributed by atoms with Crippen molar-refractivity contribution in [3.63, 3.8) is 0 Å². The minimum absolute atomic E-state index is 0.0813. The lowest BCUT2D eigenvalue weighted by molar-refractivity contribution is 0.0192. The van der Waals surface area contributed by atoms with Crippen molar-refractivity contribution >= 4 is 6.09 Å². The minimum Gasteiger partial charge on any atom is -0.446 e. The summed E-state index contributed by atoms with van der Waals surface area (Å²) in [5, 5.41) is 8.94. The van der Waals surface area contributed by atoms with Crippen LogP contribution in [0.15, 0.2) is 0 Å². The number of primary amides is 1. The number of aliphatic hydroxyl groups is 1. The standard InChI is InChI=1S/C8H15NO3/c9-8(11)12-7-4-2-1-3-6(7)5-10/h6-7,10H,1-5H2,(H2,9,11)/t6-,7-/m0/s1. The predicted molar refractivity (Wildman–Crippen MR) is 43.5 cm³/mol. The average molecular weight is 173 g/mol. The number of ether oxygens (including phenoxy) is 1. The van der Waals surface area contributed by atoms with E-state index in [1.165, 1.54) is 0 Å². The van der Waals surface area contributed by atoms with Crippen LogP contribution in [-0.4, -0.2) is 23.9 Å². The number of hydrogen-bond acceptors (Lipinski definition) is 3. The number of amides is 1. The van der Waals surface area contributed by atoms with E-state index in [2.05, 4.69) is 0 Å². The zero-order chi connectivity index (χ0) is 8.97. The molecule has 0 spiro atoms. The van der Waals surface area contributed by atoms with Crippen molar-refractivity contribution in [1.29, 1.82) is 0 Å². The molecule has 12 heavy (non-hydrogen) atoms. The second kappa shape index (κ2) is 4.30. The van der Waals surface area contributed by atoms with Gasteiger partial charge in [-0.2, -0.15) is 0 Å². The van der Waals surface area contributed by atoms with Crippen molar-refractivity contribution in [1.82, 2.24) is 0 Å². The summed E-state index contributed by atoms with van der Waals surface area (Å²) < 4.78 is 4.87. The lowest BCUT2D eigenvalue weighted by atomic mass is 9.87. The summed E-state index contributed by atoms with van der Waals surface area (Å²) in [6.45, 7) is 0.0813. The fourth-order valence-electron chi connectivity index (χ4n) is 1.69. The number of carbonyl (C=O) groups excluding carboxylic acids is 1. The van der Waals surface area contributed by atoms with Gasteiger partial charge in [-0.15, -0.1) is 0 Å². The molecule has 0 saturated heterocycles. The van der Waals surface area contributed by atoms with Gasteiger partial charge >= 0.3 is 6.09 Å². The molecule has 0 aromatic carbocycles. The van der Waals surface area contributed by atoms with Gasteiger partial charge in [0.15, 0.2) is 0 Å². The van der Waals surface area contributed by atoms with Gasteiger partial charge in [-0.05, 0) is 19.3 Å². The fourth-order valence-corrected chi connectivity index (χ4v) is 1.69.